The predicted molar refractivity (Wildman–Crippen MR) is 84.3 cm³/mol. The summed E-state index contributed by atoms with van der Waals surface area (Å²) in [7, 11) is -3.80. The van der Waals surface area contributed by atoms with Crippen molar-refractivity contribution in [3.05, 3.63) is 54.3 Å². The van der Waals surface area contributed by atoms with Crippen LogP contribution in [0.15, 0.2) is 53.4 Å². The summed E-state index contributed by atoms with van der Waals surface area (Å²) in [6.45, 7) is 1.91. The monoisotopic (exact) mass is 338 g/mol. The number of nitrogens with one attached hydrogen (secondary N) is 2. The van der Waals surface area contributed by atoms with Gasteiger partial charge in [-0.3, -0.25) is 10.0 Å². The largest absolute Gasteiger partial charge is 0.450 e. The van der Waals surface area contributed by atoms with Crippen LogP contribution in [0.25, 0.3) is 0 Å². The average Bonchev–Trinajstić information content (AvgIpc) is 2.50. The molecule has 0 aliphatic heterocycles. The number of amides is 1. The first-order valence-electron chi connectivity index (χ1n) is 6.73. The van der Waals surface area contributed by atoms with E-state index in [2.05, 4.69) is 10.0 Å². The van der Waals surface area contributed by atoms with Crippen LogP contribution in [-0.2, 0) is 14.8 Å². The van der Waals surface area contributed by atoms with Gasteiger partial charge in [-0.2, -0.15) is 0 Å². The molecule has 0 unspecified atom stereocenters. The van der Waals surface area contributed by atoms with Crippen molar-refractivity contribution in [3.8, 4) is 0 Å². The Bertz CT molecular complexity index is 774. The summed E-state index contributed by atoms with van der Waals surface area (Å²) in [5, 5.41) is 2.46. The fraction of sp³-hybridized carbons (Fsp3) is 0.133. The number of rotatable bonds is 5. The first kappa shape index (κ1) is 16.8. The van der Waals surface area contributed by atoms with Crippen LogP contribution < -0.4 is 10.0 Å². The smallest absolute Gasteiger partial charge is 0.411 e. The summed E-state index contributed by atoms with van der Waals surface area (Å²) in [4.78, 5) is 11.3. The molecule has 2 N–H and O–H groups in total. The van der Waals surface area contributed by atoms with Crippen LogP contribution in [0.2, 0.25) is 0 Å². The highest BCUT2D eigenvalue weighted by atomic mass is 32.2. The Hall–Kier alpha value is -2.61. The van der Waals surface area contributed by atoms with Crippen LogP contribution in [0, 0.1) is 5.82 Å². The lowest BCUT2D eigenvalue weighted by Crippen LogP contribution is -2.14. The number of sulfonamides is 1. The first-order chi connectivity index (χ1) is 10.9. The van der Waals surface area contributed by atoms with Gasteiger partial charge in [-0.1, -0.05) is 0 Å². The van der Waals surface area contributed by atoms with Crippen LogP contribution in [0.1, 0.15) is 6.92 Å². The molecule has 0 atom stereocenters. The fourth-order valence-corrected chi connectivity index (χ4v) is 2.79. The SMILES string of the molecule is CCOC(=O)Nc1ccc(S(=O)(=O)Nc2ccc(F)cc2)cc1. The molecule has 0 aliphatic rings. The highest BCUT2D eigenvalue weighted by Gasteiger charge is 2.14. The molecule has 0 fully saturated rings. The molecule has 0 radical (unpaired) electrons. The highest BCUT2D eigenvalue weighted by Crippen LogP contribution is 2.18. The Morgan fingerprint density at radius 2 is 1.61 bits per heavy atom. The van der Waals surface area contributed by atoms with Gasteiger partial charge in [-0.25, -0.2) is 17.6 Å². The second-order valence-corrected chi connectivity index (χ2v) is 6.16. The van der Waals surface area contributed by atoms with Gasteiger partial charge in [-0.15, -0.1) is 0 Å². The molecule has 6 nitrogen and oxygen atoms in total. The van der Waals surface area contributed by atoms with E-state index in [0.29, 0.717) is 5.69 Å². The van der Waals surface area contributed by atoms with Crippen molar-refractivity contribution in [2.24, 2.45) is 0 Å². The maximum atomic E-state index is 12.8. The van der Waals surface area contributed by atoms with Gasteiger partial charge in [0.15, 0.2) is 0 Å². The number of carbonyl (C=O) groups is 1. The second kappa shape index (κ2) is 7.10. The highest BCUT2D eigenvalue weighted by molar-refractivity contribution is 7.92. The van der Waals surface area contributed by atoms with Crippen molar-refractivity contribution in [1.82, 2.24) is 0 Å². The molecule has 0 saturated carbocycles. The number of carbonyl (C=O) groups excluding carboxylic acids is 1. The van der Waals surface area contributed by atoms with E-state index in [9.17, 15) is 17.6 Å². The van der Waals surface area contributed by atoms with E-state index >= 15 is 0 Å². The third-order valence-electron chi connectivity index (χ3n) is 2.78. The zero-order chi connectivity index (χ0) is 16.9. The number of hydrogen-bond donors (Lipinski definition) is 2. The number of anilines is 2. The van der Waals surface area contributed by atoms with E-state index in [1.54, 1.807) is 6.92 Å². The lowest BCUT2D eigenvalue weighted by molar-refractivity contribution is 0.168. The van der Waals surface area contributed by atoms with Crippen LogP contribution >= 0.6 is 0 Å². The standard InChI is InChI=1S/C15H15FN2O4S/c1-2-22-15(19)17-12-7-9-14(10-8-12)23(20,21)18-13-5-3-11(16)4-6-13/h3-10,18H,2H2,1H3,(H,17,19). The number of hydrogen-bond acceptors (Lipinski definition) is 4. The van der Waals surface area contributed by atoms with Gasteiger partial charge in [0.05, 0.1) is 11.5 Å². The summed E-state index contributed by atoms with van der Waals surface area (Å²) in [6.07, 6.45) is -0.618. The van der Waals surface area contributed by atoms with Gasteiger partial charge in [0.1, 0.15) is 5.82 Å². The molecule has 0 spiro atoms. The van der Waals surface area contributed by atoms with E-state index in [0.717, 1.165) is 12.1 Å². The van der Waals surface area contributed by atoms with Crippen molar-refractivity contribution in [2.45, 2.75) is 11.8 Å². The number of benzene rings is 2. The minimum atomic E-state index is -3.80. The Morgan fingerprint density at radius 1 is 1.04 bits per heavy atom. The lowest BCUT2D eigenvalue weighted by atomic mass is 10.3. The summed E-state index contributed by atoms with van der Waals surface area (Å²) >= 11 is 0. The topological polar surface area (TPSA) is 84.5 Å². The molecule has 0 aromatic heterocycles. The molecule has 8 heteroatoms. The summed E-state index contributed by atoms with van der Waals surface area (Å²) in [5.74, 6) is -0.456. The zero-order valence-corrected chi connectivity index (χ0v) is 13.1. The molecule has 0 aliphatic carbocycles. The van der Waals surface area contributed by atoms with Crippen molar-refractivity contribution in [2.75, 3.05) is 16.6 Å². The van der Waals surface area contributed by atoms with E-state index in [-0.39, 0.29) is 17.2 Å². The van der Waals surface area contributed by atoms with Gasteiger partial charge in [0, 0.05) is 11.4 Å². The fourth-order valence-electron chi connectivity index (χ4n) is 1.73. The van der Waals surface area contributed by atoms with Gasteiger partial charge < -0.3 is 4.74 Å². The van der Waals surface area contributed by atoms with Crippen LogP contribution in [0.3, 0.4) is 0 Å². The third-order valence-corrected chi connectivity index (χ3v) is 4.18. The molecule has 0 bridgehead atoms. The van der Waals surface area contributed by atoms with Gasteiger partial charge in [-0.05, 0) is 55.5 Å². The van der Waals surface area contributed by atoms with Gasteiger partial charge >= 0.3 is 6.09 Å². The quantitative estimate of drug-likeness (QED) is 0.877. The normalized spacial score (nSPS) is 10.9. The molecule has 0 heterocycles. The molecule has 0 saturated heterocycles. The lowest BCUT2D eigenvalue weighted by Gasteiger charge is -2.09. The Kier molecular flexibility index (Phi) is 5.17. The number of ether oxygens (including phenoxy) is 1. The average molecular weight is 338 g/mol. The van der Waals surface area contributed by atoms with Crippen LogP contribution in [0.5, 0.6) is 0 Å². The van der Waals surface area contributed by atoms with Gasteiger partial charge in [0.25, 0.3) is 10.0 Å². The van der Waals surface area contributed by atoms with Gasteiger partial charge in [0.2, 0.25) is 0 Å². The van der Waals surface area contributed by atoms with E-state index in [1.807, 2.05) is 0 Å². The maximum Gasteiger partial charge on any atom is 0.411 e. The molecule has 23 heavy (non-hydrogen) atoms. The first-order valence-corrected chi connectivity index (χ1v) is 8.21. The van der Waals surface area contributed by atoms with Crippen LogP contribution in [0.4, 0.5) is 20.6 Å². The zero-order valence-electron chi connectivity index (χ0n) is 12.2. The molecule has 1 amide bonds. The van der Waals surface area contributed by atoms with Crippen molar-refractivity contribution in [3.63, 3.8) is 0 Å². The minimum absolute atomic E-state index is 0.0104. The summed E-state index contributed by atoms with van der Waals surface area (Å²) in [6, 6.07) is 10.5. The minimum Gasteiger partial charge on any atom is -0.450 e. The van der Waals surface area contributed by atoms with E-state index in [1.165, 1.54) is 36.4 Å². The Labute approximate surface area is 133 Å². The molecule has 122 valence electrons. The van der Waals surface area contributed by atoms with Crippen LogP contribution in [-0.4, -0.2) is 21.1 Å². The second-order valence-electron chi connectivity index (χ2n) is 4.48. The number of halogens is 1. The van der Waals surface area contributed by atoms with E-state index < -0.39 is 21.9 Å². The maximum absolute atomic E-state index is 12.8. The molecule has 2 aromatic carbocycles. The molecular formula is C15H15FN2O4S. The van der Waals surface area contributed by atoms with Crippen molar-refractivity contribution in [1.29, 1.82) is 0 Å². The summed E-state index contributed by atoms with van der Waals surface area (Å²) in [5.41, 5.74) is 0.657. The van der Waals surface area contributed by atoms with Crippen molar-refractivity contribution >= 4 is 27.5 Å². The molecular weight excluding hydrogens is 323 g/mol. The Balaban J connectivity index is 2.11. The molecule has 2 rings (SSSR count). The Morgan fingerprint density at radius 3 is 2.17 bits per heavy atom. The molecule has 2 aromatic rings. The van der Waals surface area contributed by atoms with Crippen molar-refractivity contribution < 1.29 is 22.3 Å². The predicted octanol–water partition coefficient (Wildman–Crippen LogP) is 3.19. The van der Waals surface area contributed by atoms with E-state index in [4.69, 9.17) is 4.74 Å². The summed E-state index contributed by atoms with van der Waals surface area (Å²) < 4.78 is 44.3. The third kappa shape index (κ3) is 4.68.